The van der Waals surface area contributed by atoms with Gasteiger partial charge < -0.3 is 10.7 Å². The van der Waals surface area contributed by atoms with Gasteiger partial charge in [-0.3, -0.25) is 4.79 Å². The average molecular weight is 192 g/mol. The summed E-state index contributed by atoms with van der Waals surface area (Å²) >= 11 is 0. The molecule has 3 N–H and O–H groups in total. The van der Waals surface area contributed by atoms with E-state index in [1.165, 1.54) is 0 Å². The smallest absolute Gasteiger partial charge is 0.186 e. The molecule has 1 fully saturated rings. The summed E-state index contributed by atoms with van der Waals surface area (Å²) in [5, 5.41) is 0. The monoisotopic (exact) mass is 192 g/mol. The number of aryl methyl sites for hydroxylation is 2. The van der Waals surface area contributed by atoms with Crippen LogP contribution in [0.4, 0.5) is 0 Å². The molecule has 1 heterocycles. The van der Waals surface area contributed by atoms with E-state index in [1.54, 1.807) is 6.07 Å². The Balaban J connectivity index is 2.45. The Labute approximate surface area is 83.3 Å². The average Bonchev–Trinajstić information content (AvgIpc) is 2.83. The van der Waals surface area contributed by atoms with Crippen LogP contribution in [0.1, 0.15) is 35.8 Å². The summed E-state index contributed by atoms with van der Waals surface area (Å²) in [5.74, 6) is 0.525. The van der Waals surface area contributed by atoms with E-state index >= 15 is 0 Å². The minimum absolute atomic E-state index is 0.0700. The van der Waals surface area contributed by atoms with Crippen LogP contribution in [0.3, 0.4) is 0 Å². The van der Waals surface area contributed by atoms with Gasteiger partial charge in [0.1, 0.15) is 0 Å². The highest BCUT2D eigenvalue weighted by atomic mass is 16.1. The van der Waals surface area contributed by atoms with Gasteiger partial charge in [-0.1, -0.05) is 0 Å². The predicted octanol–water partition coefficient (Wildman–Crippen LogP) is 1.40. The van der Waals surface area contributed by atoms with E-state index < -0.39 is 0 Å². The Morgan fingerprint density at radius 1 is 1.50 bits per heavy atom. The Bertz CT molecular complexity index is 404. The van der Waals surface area contributed by atoms with E-state index in [-0.39, 0.29) is 11.5 Å². The number of nitrogens with one attached hydrogen (secondary N) is 1. The van der Waals surface area contributed by atoms with E-state index in [0.29, 0.717) is 5.92 Å². The molecule has 1 aromatic heterocycles. The summed E-state index contributed by atoms with van der Waals surface area (Å²) in [4.78, 5) is 14.9. The molecule has 0 amide bonds. The minimum atomic E-state index is -0.0700. The first kappa shape index (κ1) is 9.46. The van der Waals surface area contributed by atoms with Crippen molar-refractivity contribution in [2.75, 3.05) is 0 Å². The number of H-pyrrole nitrogens is 1. The van der Waals surface area contributed by atoms with Crippen molar-refractivity contribution < 1.29 is 0 Å². The normalized spacial score (nSPS) is 18.2. The third-order valence-electron chi connectivity index (χ3n) is 2.86. The van der Waals surface area contributed by atoms with Crippen LogP contribution in [0.15, 0.2) is 10.9 Å². The lowest BCUT2D eigenvalue weighted by Gasteiger charge is -2.13. The first-order valence-corrected chi connectivity index (χ1v) is 5.05. The fourth-order valence-electron chi connectivity index (χ4n) is 1.96. The molecular formula is C11H16N2O. The SMILES string of the molecule is Cc1cc(=O)c([C@@H](N)C2CC2)c(C)[nH]1. The molecule has 3 heteroatoms. The van der Waals surface area contributed by atoms with Gasteiger partial charge in [0.2, 0.25) is 0 Å². The lowest BCUT2D eigenvalue weighted by Crippen LogP contribution is -2.23. The van der Waals surface area contributed by atoms with E-state index in [0.717, 1.165) is 29.8 Å². The quantitative estimate of drug-likeness (QED) is 0.744. The first-order chi connectivity index (χ1) is 6.59. The van der Waals surface area contributed by atoms with Crippen LogP contribution in [0.25, 0.3) is 0 Å². The van der Waals surface area contributed by atoms with E-state index in [4.69, 9.17) is 5.73 Å². The molecule has 1 aliphatic carbocycles. The number of aromatic amines is 1. The van der Waals surface area contributed by atoms with Crippen LogP contribution in [0.5, 0.6) is 0 Å². The molecular weight excluding hydrogens is 176 g/mol. The second kappa shape index (κ2) is 3.24. The highest BCUT2D eigenvalue weighted by Gasteiger charge is 2.31. The molecule has 3 nitrogen and oxygen atoms in total. The molecule has 76 valence electrons. The van der Waals surface area contributed by atoms with Crippen molar-refractivity contribution in [3.05, 3.63) is 33.2 Å². The van der Waals surface area contributed by atoms with E-state index in [9.17, 15) is 4.79 Å². The summed E-state index contributed by atoms with van der Waals surface area (Å²) < 4.78 is 0. The summed E-state index contributed by atoms with van der Waals surface area (Å²) in [6, 6.07) is 1.56. The fourth-order valence-corrected chi connectivity index (χ4v) is 1.96. The molecule has 0 radical (unpaired) electrons. The number of pyridine rings is 1. The topological polar surface area (TPSA) is 58.9 Å². The largest absolute Gasteiger partial charge is 0.362 e. The summed E-state index contributed by atoms with van der Waals surface area (Å²) in [7, 11) is 0. The predicted molar refractivity (Wildman–Crippen MR) is 56.2 cm³/mol. The second-order valence-electron chi connectivity index (χ2n) is 4.22. The summed E-state index contributed by atoms with van der Waals surface area (Å²) in [6.07, 6.45) is 2.32. The molecule has 1 aliphatic rings. The molecule has 0 unspecified atom stereocenters. The molecule has 0 bridgehead atoms. The number of rotatable bonds is 2. The van der Waals surface area contributed by atoms with Gasteiger partial charge in [0.25, 0.3) is 0 Å². The molecule has 0 aliphatic heterocycles. The van der Waals surface area contributed by atoms with Crippen molar-refractivity contribution in [2.45, 2.75) is 32.7 Å². The molecule has 0 saturated heterocycles. The van der Waals surface area contributed by atoms with E-state index in [1.807, 2.05) is 13.8 Å². The minimum Gasteiger partial charge on any atom is -0.362 e. The zero-order valence-electron chi connectivity index (χ0n) is 8.63. The van der Waals surface area contributed by atoms with Crippen LogP contribution in [-0.2, 0) is 0 Å². The summed E-state index contributed by atoms with van der Waals surface area (Å²) in [5.41, 5.74) is 8.72. The Kier molecular flexibility index (Phi) is 2.19. The third kappa shape index (κ3) is 1.60. The van der Waals surface area contributed by atoms with Gasteiger partial charge in [0.15, 0.2) is 5.43 Å². The fraction of sp³-hybridized carbons (Fsp3) is 0.545. The molecule has 1 aromatic rings. The van der Waals surface area contributed by atoms with Crippen molar-refractivity contribution in [1.29, 1.82) is 0 Å². The molecule has 1 saturated carbocycles. The van der Waals surface area contributed by atoms with Gasteiger partial charge in [-0.25, -0.2) is 0 Å². The van der Waals surface area contributed by atoms with Crippen molar-refractivity contribution in [3.8, 4) is 0 Å². The van der Waals surface area contributed by atoms with Crippen LogP contribution in [0, 0.1) is 19.8 Å². The Hall–Kier alpha value is -1.09. The van der Waals surface area contributed by atoms with Crippen LogP contribution in [-0.4, -0.2) is 4.98 Å². The zero-order chi connectivity index (χ0) is 10.3. The van der Waals surface area contributed by atoms with Crippen LogP contribution >= 0.6 is 0 Å². The van der Waals surface area contributed by atoms with Gasteiger partial charge in [0, 0.05) is 29.1 Å². The molecule has 1 atom stereocenters. The van der Waals surface area contributed by atoms with Crippen molar-refractivity contribution in [3.63, 3.8) is 0 Å². The zero-order valence-corrected chi connectivity index (χ0v) is 8.63. The van der Waals surface area contributed by atoms with Crippen LogP contribution in [0.2, 0.25) is 0 Å². The summed E-state index contributed by atoms with van der Waals surface area (Å²) in [6.45, 7) is 3.81. The van der Waals surface area contributed by atoms with Gasteiger partial charge in [-0.05, 0) is 32.6 Å². The van der Waals surface area contributed by atoms with Gasteiger partial charge in [-0.15, -0.1) is 0 Å². The van der Waals surface area contributed by atoms with Gasteiger partial charge >= 0.3 is 0 Å². The van der Waals surface area contributed by atoms with Crippen molar-refractivity contribution >= 4 is 0 Å². The van der Waals surface area contributed by atoms with Crippen molar-refractivity contribution in [1.82, 2.24) is 4.98 Å². The lowest BCUT2D eigenvalue weighted by atomic mass is 10.0. The maximum atomic E-state index is 11.7. The molecule has 0 aromatic carbocycles. The Morgan fingerprint density at radius 3 is 2.64 bits per heavy atom. The standard InChI is InChI=1S/C11H16N2O/c1-6-5-9(14)10(7(2)13-6)11(12)8-3-4-8/h5,8,11H,3-4,12H2,1-2H3,(H,13,14)/t11-/m0/s1. The number of hydrogen-bond acceptors (Lipinski definition) is 2. The number of hydrogen-bond donors (Lipinski definition) is 2. The number of nitrogens with two attached hydrogens (primary N) is 1. The van der Waals surface area contributed by atoms with Gasteiger partial charge in [-0.2, -0.15) is 0 Å². The highest BCUT2D eigenvalue weighted by Crippen LogP contribution is 2.38. The molecule has 14 heavy (non-hydrogen) atoms. The Morgan fingerprint density at radius 2 is 2.14 bits per heavy atom. The molecule has 0 spiro atoms. The lowest BCUT2D eigenvalue weighted by molar-refractivity contribution is 0.621. The van der Waals surface area contributed by atoms with Crippen LogP contribution < -0.4 is 11.2 Å². The maximum Gasteiger partial charge on any atom is 0.186 e. The maximum absolute atomic E-state index is 11.7. The second-order valence-corrected chi connectivity index (χ2v) is 4.22. The van der Waals surface area contributed by atoms with Crippen molar-refractivity contribution in [2.24, 2.45) is 11.7 Å². The third-order valence-corrected chi connectivity index (χ3v) is 2.86. The highest BCUT2D eigenvalue weighted by molar-refractivity contribution is 5.26. The first-order valence-electron chi connectivity index (χ1n) is 5.05. The van der Waals surface area contributed by atoms with E-state index in [2.05, 4.69) is 4.98 Å². The molecule has 2 rings (SSSR count). The van der Waals surface area contributed by atoms with Gasteiger partial charge in [0.05, 0.1) is 0 Å². The number of aromatic nitrogens is 1.